The number of anilines is 2. The minimum atomic E-state index is -0.474. The molecule has 3 N–H and O–H groups in total. The van der Waals surface area contributed by atoms with E-state index in [9.17, 15) is 14.4 Å². The molecule has 1 heterocycles. The number of nitrogens with zero attached hydrogens (tertiary/aromatic N) is 1. The number of carbonyl (C=O) groups excluding carboxylic acids is 3. The molecule has 0 aliphatic carbocycles. The van der Waals surface area contributed by atoms with Crippen LogP contribution in [0.25, 0.3) is 16.3 Å². The van der Waals surface area contributed by atoms with Crippen molar-refractivity contribution in [3.8, 4) is 5.75 Å². The molecule has 0 radical (unpaired) electrons. The van der Waals surface area contributed by atoms with Gasteiger partial charge >= 0.3 is 0 Å². The smallest absolute Gasteiger partial charge is 0.272 e. The lowest BCUT2D eigenvalue weighted by Crippen LogP contribution is -2.30. The molecule has 1 aromatic heterocycles. The van der Waals surface area contributed by atoms with Crippen LogP contribution in [0, 0.1) is 6.92 Å². The first-order valence-electron chi connectivity index (χ1n) is 13.9. The number of amides is 3. The average molecular weight is 623 g/mol. The third-order valence-electron chi connectivity index (χ3n) is 6.30. The Morgan fingerprint density at radius 2 is 1.70 bits per heavy atom. The fourth-order valence-electron chi connectivity index (χ4n) is 4.15. The lowest BCUT2D eigenvalue weighted by atomic mass is 10.1. The maximum Gasteiger partial charge on any atom is 0.272 e. The van der Waals surface area contributed by atoms with Gasteiger partial charge in [-0.05, 0) is 74.0 Å². The second-order valence-electron chi connectivity index (χ2n) is 9.69. The van der Waals surface area contributed by atoms with Crippen molar-refractivity contribution < 1.29 is 19.1 Å². The Bertz CT molecular complexity index is 1820. The van der Waals surface area contributed by atoms with Crippen LogP contribution in [0.5, 0.6) is 5.75 Å². The largest absolute Gasteiger partial charge is 0.494 e. The van der Waals surface area contributed by atoms with Gasteiger partial charge in [-0.2, -0.15) is 0 Å². The lowest BCUT2D eigenvalue weighted by Gasteiger charge is -2.12. The summed E-state index contributed by atoms with van der Waals surface area (Å²) in [4.78, 5) is 44.3. The van der Waals surface area contributed by atoms with E-state index in [0.29, 0.717) is 23.0 Å². The zero-order valence-corrected chi connectivity index (χ0v) is 25.8. The molecule has 0 bridgehead atoms. The summed E-state index contributed by atoms with van der Waals surface area (Å²) in [5.74, 6) is -0.139. The summed E-state index contributed by atoms with van der Waals surface area (Å²) in [5.41, 5.74) is 3.71. The van der Waals surface area contributed by atoms with Crippen molar-refractivity contribution in [1.82, 2.24) is 10.3 Å². The van der Waals surface area contributed by atoms with Crippen molar-refractivity contribution in [3.05, 3.63) is 119 Å². The molecular weight excluding hydrogens is 593 g/mol. The minimum absolute atomic E-state index is 0.101. The van der Waals surface area contributed by atoms with Gasteiger partial charge in [-0.3, -0.25) is 14.4 Å². The monoisotopic (exact) mass is 622 g/mol. The average Bonchev–Trinajstić information content (AvgIpc) is 3.43. The number of fused-ring (bicyclic) bond motifs is 1. The molecule has 0 saturated carbocycles. The molecule has 222 valence electrons. The molecule has 0 aliphatic rings. The maximum atomic E-state index is 13.4. The van der Waals surface area contributed by atoms with Gasteiger partial charge < -0.3 is 20.7 Å². The topological polar surface area (TPSA) is 109 Å². The van der Waals surface area contributed by atoms with Gasteiger partial charge in [0, 0.05) is 16.1 Å². The molecule has 0 atom stereocenters. The Morgan fingerprint density at radius 3 is 2.48 bits per heavy atom. The van der Waals surface area contributed by atoms with Crippen molar-refractivity contribution in [3.63, 3.8) is 0 Å². The van der Waals surface area contributed by atoms with Crippen LogP contribution in [-0.2, 0) is 9.59 Å². The van der Waals surface area contributed by atoms with Crippen LogP contribution < -0.4 is 20.7 Å². The van der Waals surface area contributed by atoms with E-state index in [1.165, 1.54) is 23.1 Å². The van der Waals surface area contributed by atoms with Crippen molar-refractivity contribution in [2.45, 2.75) is 18.7 Å². The number of ether oxygens (including phenoxy) is 1. The zero-order chi connectivity index (χ0) is 30.9. The molecule has 0 fully saturated rings. The van der Waals surface area contributed by atoms with Gasteiger partial charge in [-0.25, -0.2) is 4.98 Å². The van der Waals surface area contributed by atoms with Gasteiger partial charge in [0.15, 0.2) is 5.13 Å². The molecule has 0 spiro atoms. The highest BCUT2D eigenvalue weighted by Crippen LogP contribution is 2.30. The van der Waals surface area contributed by atoms with Crippen LogP contribution in [0.1, 0.15) is 28.4 Å². The van der Waals surface area contributed by atoms with E-state index >= 15 is 0 Å². The lowest BCUT2D eigenvalue weighted by molar-refractivity contribution is -0.114. The highest BCUT2D eigenvalue weighted by atomic mass is 32.2. The summed E-state index contributed by atoms with van der Waals surface area (Å²) in [6, 6.07) is 29.2. The van der Waals surface area contributed by atoms with Crippen molar-refractivity contribution in [1.29, 1.82) is 0 Å². The minimum Gasteiger partial charge on any atom is -0.494 e. The summed E-state index contributed by atoms with van der Waals surface area (Å²) < 4.78 is 6.47. The molecule has 4 aromatic carbocycles. The summed E-state index contributed by atoms with van der Waals surface area (Å²) in [5, 5.41) is 9.01. The second kappa shape index (κ2) is 14.5. The van der Waals surface area contributed by atoms with Gasteiger partial charge in [-0.15, -0.1) is 11.8 Å². The third kappa shape index (κ3) is 8.33. The number of hydrogen-bond donors (Lipinski definition) is 3. The number of nitrogens with one attached hydrogen (secondary N) is 3. The number of rotatable bonds is 11. The molecular formula is C34H30N4O4S2. The molecule has 10 heteroatoms. The molecule has 0 saturated heterocycles. The number of thioether (sulfide) groups is 1. The van der Waals surface area contributed by atoms with Crippen LogP contribution in [-0.4, -0.2) is 35.1 Å². The molecule has 44 heavy (non-hydrogen) atoms. The quantitative estimate of drug-likeness (QED) is 0.107. The van der Waals surface area contributed by atoms with Crippen LogP contribution in [0.4, 0.5) is 10.8 Å². The van der Waals surface area contributed by atoms with Gasteiger partial charge in [0.2, 0.25) is 5.91 Å². The fourth-order valence-corrected chi connectivity index (χ4v) is 5.82. The van der Waals surface area contributed by atoms with Crippen molar-refractivity contribution in [2.24, 2.45) is 0 Å². The van der Waals surface area contributed by atoms with Crippen LogP contribution in [0.3, 0.4) is 0 Å². The molecule has 5 rings (SSSR count). The van der Waals surface area contributed by atoms with E-state index in [-0.39, 0.29) is 17.4 Å². The molecule has 0 unspecified atom stereocenters. The highest BCUT2D eigenvalue weighted by molar-refractivity contribution is 8.00. The molecule has 0 aliphatic heterocycles. The number of aryl methyl sites for hydroxylation is 1. The summed E-state index contributed by atoms with van der Waals surface area (Å²) in [6.07, 6.45) is 1.64. The fraction of sp³-hybridized carbons (Fsp3) is 0.118. The standard InChI is InChI=1S/C34H30N4O4S2/c1-3-42-26-16-17-28-30(20-26)44-34(37-28)38-31(39)21-43-27-11-7-10-25(19-27)35-33(41)29(18-23-14-12-22(2)13-15-23)36-32(40)24-8-5-4-6-9-24/h4-20H,3,21H2,1-2H3,(H,35,41)(H,36,40)(H,37,38,39)/b29-18-. The first-order valence-corrected chi connectivity index (χ1v) is 15.7. The second-order valence-corrected chi connectivity index (χ2v) is 11.8. The Kier molecular flexibility index (Phi) is 10.1. The molecule has 3 amide bonds. The highest BCUT2D eigenvalue weighted by Gasteiger charge is 2.16. The van der Waals surface area contributed by atoms with Gasteiger partial charge in [0.05, 0.1) is 22.6 Å². The van der Waals surface area contributed by atoms with E-state index in [2.05, 4.69) is 20.9 Å². The maximum absolute atomic E-state index is 13.4. The summed E-state index contributed by atoms with van der Waals surface area (Å²) in [6.45, 7) is 4.48. The van der Waals surface area contributed by atoms with Crippen LogP contribution in [0.15, 0.2) is 108 Å². The number of carbonyl (C=O) groups is 3. The van der Waals surface area contributed by atoms with E-state index in [0.717, 1.165) is 32.0 Å². The zero-order valence-electron chi connectivity index (χ0n) is 24.1. The number of hydrogen-bond acceptors (Lipinski definition) is 7. The summed E-state index contributed by atoms with van der Waals surface area (Å²) >= 11 is 2.72. The predicted octanol–water partition coefficient (Wildman–Crippen LogP) is 7.14. The number of thiazole rings is 1. The van der Waals surface area contributed by atoms with Crippen molar-refractivity contribution >= 4 is 67.9 Å². The van der Waals surface area contributed by atoms with E-state index in [1.807, 2.05) is 68.4 Å². The Labute approximate surface area is 263 Å². The molecule has 5 aromatic rings. The van der Waals surface area contributed by atoms with Gasteiger partial charge in [-0.1, -0.05) is 65.4 Å². The third-order valence-corrected chi connectivity index (χ3v) is 8.22. The van der Waals surface area contributed by atoms with E-state index < -0.39 is 11.8 Å². The Hall–Kier alpha value is -4.93. The van der Waals surface area contributed by atoms with Crippen LogP contribution in [0.2, 0.25) is 0 Å². The van der Waals surface area contributed by atoms with E-state index in [4.69, 9.17) is 4.74 Å². The SMILES string of the molecule is CCOc1ccc2nc(NC(=O)CSc3cccc(NC(=O)/C(=C/c4ccc(C)cc4)NC(=O)c4ccccc4)c3)sc2c1. The molecule has 8 nitrogen and oxygen atoms in total. The Morgan fingerprint density at radius 1 is 0.909 bits per heavy atom. The first kappa shape index (κ1) is 30.5. The number of benzene rings is 4. The normalized spacial score (nSPS) is 11.2. The van der Waals surface area contributed by atoms with Crippen molar-refractivity contribution in [2.75, 3.05) is 23.0 Å². The predicted molar refractivity (Wildman–Crippen MR) is 178 cm³/mol. The Balaban J connectivity index is 1.23. The first-order chi connectivity index (χ1) is 21.4. The van der Waals surface area contributed by atoms with Crippen LogP contribution >= 0.6 is 23.1 Å². The van der Waals surface area contributed by atoms with Gasteiger partial charge in [0.25, 0.3) is 11.8 Å². The summed E-state index contributed by atoms with van der Waals surface area (Å²) in [7, 11) is 0. The number of aromatic nitrogens is 1. The van der Waals surface area contributed by atoms with E-state index in [1.54, 1.807) is 48.5 Å². The van der Waals surface area contributed by atoms with Gasteiger partial charge in [0.1, 0.15) is 11.4 Å².